The molecule has 8 heteroatoms. The zero-order valence-corrected chi connectivity index (χ0v) is 21.6. The molecule has 198 valence electrons. The molecule has 0 spiro atoms. The monoisotopic (exact) mass is 523 g/mol. The van der Waals surface area contributed by atoms with Crippen LogP contribution in [0.5, 0.6) is 5.75 Å². The van der Waals surface area contributed by atoms with Gasteiger partial charge in [0.2, 0.25) is 5.89 Å². The normalized spacial score (nSPS) is 11.0. The van der Waals surface area contributed by atoms with Crippen LogP contribution in [0, 0.1) is 6.92 Å². The lowest BCUT2D eigenvalue weighted by Gasteiger charge is -2.13. The van der Waals surface area contributed by atoms with Crippen LogP contribution in [0.2, 0.25) is 0 Å². The Hall–Kier alpha value is -4.85. The van der Waals surface area contributed by atoms with Crippen LogP contribution in [0.25, 0.3) is 22.4 Å². The van der Waals surface area contributed by atoms with Crippen molar-refractivity contribution in [1.82, 2.24) is 15.3 Å². The molecule has 0 bridgehead atoms. The van der Waals surface area contributed by atoms with Gasteiger partial charge in [-0.1, -0.05) is 42.5 Å². The number of aliphatic carboxylic acids is 1. The number of carbonyl (C=O) groups is 2. The fourth-order valence-corrected chi connectivity index (χ4v) is 4.44. The van der Waals surface area contributed by atoms with E-state index < -0.39 is 5.97 Å². The molecule has 0 aliphatic heterocycles. The van der Waals surface area contributed by atoms with Gasteiger partial charge >= 0.3 is 5.97 Å². The highest BCUT2D eigenvalue weighted by atomic mass is 16.5. The van der Waals surface area contributed by atoms with Gasteiger partial charge < -0.3 is 24.6 Å². The van der Waals surface area contributed by atoms with Gasteiger partial charge in [-0.15, -0.1) is 0 Å². The van der Waals surface area contributed by atoms with E-state index in [0.717, 1.165) is 39.0 Å². The molecule has 0 saturated heterocycles. The van der Waals surface area contributed by atoms with Gasteiger partial charge in [-0.2, -0.15) is 0 Å². The zero-order valence-electron chi connectivity index (χ0n) is 21.6. The van der Waals surface area contributed by atoms with Crippen LogP contribution in [-0.2, 0) is 24.2 Å². The van der Waals surface area contributed by atoms with Crippen LogP contribution in [0.15, 0.2) is 83.3 Å². The van der Waals surface area contributed by atoms with Crippen molar-refractivity contribution in [3.8, 4) is 17.2 Å². The Kier molecular flexibility index (Phi) is 7.73. The van der Waals surface area contributed by atoms with Crippen molar-refractivity contribution in [2.45, 2.75) is 32.7 Å². The molecule has 5 aromatic rings. The Morgan fingerprint density at radius 2 is 1.77 bits per heavy atom. The molecule has 0 radical (unpaired) electrons. The van der Waals surface area contributed by atoms with Gasteiger partial charge in [0.15, 0.2) is 0 Å². The fraction of sp³-hybridized carbons (Fsp3) is 0.194. The SMILES string of the molecule is Cc1oc(-c2ccccc2)nc1CCOc1ccc(CCC(=O)O)c(CNC(=O)c2cc3ccccc3[nH]2)c1. The molecule has 39 heavy (non-hydrogen) atoms. The number of carboxylic acids is 1. The average Bonchev–Trinajstić information content (AvgIpc) is 3.55. The van der Waals surface area contributed by atoms with E-state index in [-0.39, 0.29) is 18.9 Å². The van der Waals surface area contributed by atoms with E-state index in [2.05, 4.69) is 15.3 Å². The van der Waals surface area contributed by atoms with E-state index in [4.69, 9.17) is 14.3 Å². The Morgan fingerprint density at radius 3 is 2.56 bits per heavy atom. The zero-order chi connectivity index (χ0) is 27.2. The van der Waals surface area contributed by atoms with Crippen molar-refractivity contribution in [2.75, 3.05) is 6.61 Å². The first-order valence-electron chi connectivity index (χ1n) is 12.8. The van der Waals surface area contributed by atoms with Gasteiger partial charge in [-0.05, 0) is 60.9 Å². The first kappa shape index (κ1) is 25.8. The number of oxazole rings is 1. The lowest BCUT2D eigenvalue weighted by atomic mass is 10.0. The van der Waals surface area contributed by atoms with Crippen molar-refractivity contribution < 1.29 is 23.8 Å². The number of nitrogens with zero attached hydrogens (tertiary/aromatic N) is 1. The van der Waals surface area contributed by atoms with Gasteiger partial charge in [0.05, 0.1) is 12.3 Å². The summed E-state index contributed by atoms with van der Waals surface area (Å²) in [5.74, 6) is 0.854. The van der Waals surface area contributed by atoms with E-state index >= 15 is 0 Å². The number of benzene rings is 3. The third-order valence-corrected chi connectivity index (χ3v) is 6.52. The number of aromatic nitrogens is 2. The van der Waals surface area contributed by atoms with Crippen molar-refractivity contribution >= 4 is 22.8 Å². The molecule has 8 nitrogen and oxygen atoms in total. The van der Waals surface area contributed by atoms with E-state index in [1.54, 1.807) is 0 Å². The van der Waals surface area contributed by atoms with Crippen LogP contribution in [0.1, 0.15) is 39.5 Å². The van der Waals surface area contributed by atoms with Crippen LogP contribution < -0.4 is 10.1 Å². The van der Waals surface area contributed by atoms with Crippen molar-refractivity contribution in [2.24, 2.45) is 0 Å². The molecule has 3 aromatic carbocycles. The molecule has 5 rings (SSSR count). The van der Waals surface area contributed by atoms with Gasteiger partial charge in [0.25, 0.3) is 5.91 Å². The highest BCUT2D eigenvalue weighted by Gasteiger charge is 2.14. The van der Waals surface area contributed by atoms with E-state index in [0.29, 0.717) is 36.8 Å². The Bertz CT molecular complexity index is 1570. The van der Waals surface area contributed by atoms with Crippen LogP contribution in [0.3, 0.4) is 0 Å². The number of carboxylic acid groups (broad SMARTS) is 1. The molecule has 0 aliphatic carbocycles. The first-order valence-corrected chi connectivity index (χ1v) is 12.8. The number of fused-ring (bicyclic) bond motifs is 1. The number of amides is 1. The largest absolute Gasteiger partial charge is 0.493 e. The minimum absolute atomic E-state index is 0.00164. The molecule has 0 aliphatic rings. The second-order valence-electron chi connectivity index (χ2n) is 9.26. The molecule has 3 N–H and O–H groups in total. The number of nitrogens with one attached hydrogen (secondary N) is 2. The Morgan fingerprint density at radius 1 is 0.974 bits per heavy atom. The summed E-state index contributed by atoms with van der Waals surface area (Å²) in [6.07, 6.45) is 0.918. The fourth-order valence-electron chi connectivity index (χ4n) is 4.44. The number of para-hydroxylation sites is 1. The van der Waals surface area contributed by atoms with Crippen LogP contribution in [0.4, 0.5) is 0 Å². The molecule has 1 amide bonds. The highest BCUT2D eigenvalue weighted by molar-refractivity contribution is 5.97. The molecule has 0 saturated carbocycles. The van der Waals surface area contributed by atoms with E-state index in [1.807, 2.05) is 85.8 Å². The lowest BCUT2D eigenvalue weighted by Crippen LogP contribution is -2.23. The predicted octanol–water partition coefficient (Wildman–Crippen LogP) is 5.70. The minimum atomic E-state index is -0.874. The van der Waals surface area contributed by atoms with Crippen molar-refractivity contribution in [1.29, 1.82) is 0 Å². The van der Waals surface area contributed by atoms with E-state index in [9.17, 15) is 9.59 Å². The first-order chi connectivity index (χ1) is 19.0. The topological polar surface area (TPSA) is 117 Å². The molecular weight excluding hydrogens is 494 g/mol. The third-order valence-electron chi connectivity index (χ3n) is 6.52. The van der Waals surface area contributed by atoms with Gasteiger partial charge in [0.1, 0.15) is 17.2 Å². The summed E-state index contributed by atoms with van der Waals surface area (Å²) in [7, 11) is 0. The van der Waals surface area contributed by atoms with Crippen molar-refractivity contribution in [3.05, 3.63) is 107 Å². The number of aromatic amines is 1. The second-order valence-corrected chi connectivity index (χ2v) is 9.26. The predicted molar refractivity (Wildman–Crippen MR) is 148 cm³/mol. The number of ether oxygens (including phenoxy) is 1. The second kappa shape index (κ2) is 11.7. The number of carbonyl (C=O) groups excluding carboxylic acids is 1. The standard InChI is InChI=1S/C31H29N3O5/c1-20-26(34-31(39-20)22-7-3-2-4-8-22)15-16-38-25-13-11-21(12-14-29(35)36)24(17-25)19-32-30(37)28-18-23-9-5-6-10-27(23)33-28/h2-11,13,17-18,33H,12,14-16,19H2,1H3,(H,32,37)(H,35,36). The summed E-state index contributed by atoms with van der Waals surface area (Å²) in [4.78, 5) is 31.8. The summed E-state index contributed by atoms with van der Waals surface area (Å²) in [5.41, 5.74) is 4.76. The maximum atomic E-state index is 12.8. The lowest BCUT2D eigenvalue weighted by molar-refractivity contribution is -0.136. The quantitative estimate of drug-likeness (QED) is 0.204. The number of hydrogen-bond acceptors (Lipinski definition) is 5. The molecular formula is C31H29N3O5. The smallest absolute Gasteiger partial charge is 0.303 e. The molecule has 0 fully saturated rings. The molecule has 2 aromatic heterocycles. The summed E-state index contributed by atoms with van der Waals surface area (Å²) in [6, 6.07) is 24.8. The maximum absolute atomic E-state index is 12.8. The molecule has 0 atom stereocenters. The summed E-state index contributed by atoms with van der Waals surface area (Å²) in [5, 5.41) is 13.1. The Balaban J connectivity index is 1.25. The molecule has 0 unspecified atom stereocenters. The van der Waals surface area contributed by atoms with Crippen molar-refractivity contribution in [3.63, 3.8) is 0 Å². The van der Waals surface area contributed by atoms with Crippen LogP contribution >= 0.6 is 0 Å². The third kappa shape index (κ3) is 6.35. The number of hydrogen-bond donors (Lipinski definition) is 3. The highest BCUT2D eigenvalue weighted by Crippen LogP contribution is 2.23. The van der Waals surface area contributed by atoms with Gasteiger partial charge in [-0.3, -0.25) is 9.59 Å². The van der Waals surface area contributed by atoms with E-state index in [1.165, 1.54) is 0 Å². The average molecular weight is 524 g/mol. The van der Waals surface area contributed by atoms with Gasteiger partial charge in [-0.25, -0.2) is 4.98 Å². The summed E-state index contributed by atoms with van der Waals surface area (Å²) < 4.78 is 11.9. The van der Waals surface area contributed by atoms with Gasteiger partial charge in [0, 0.05) is 35.9 Å². The summed E-state index contributed by atoms with van der Waals surface area (Å²) >= 11 is 0. The number of rotatable bonds is 11. The minimum Gasteiger partial charge on any atom is -0.493 e. The van der Waals surface area contributed by atoms with Crippen LogP contribution in [-0.4, -0.2) is 33.6 Å². The maximum Gasteiger partial charge on any atom is 0.303 e. The number of H-pyrrole nitrogens is 1. The summed E-state index contributed by atoms with van der Waals surface area (Å²) in [6.45, 7) is 2.51. The number of aryl methyl sites for hydroxylation is 2. The Labute approximate surface area is 225 Å². The molecule has 2 heterocycles.